The topological polar surface area (TPSA) is 55.8 Å². The monoisotopic (exact) mass is 293 g/mol. The van der Waals surface area contributed by atoms with Gasteiger partial charge in [-0.15, -0.1) is 0 Å². The maximum Gasteiger partial charge on any atom is 0.251 e. The lowest BCUT2D eigenvalue weighted by molar-refractivity contribution is -0.129. The molecule has 5 heteroatoms. The van der Waals surface area contributed by atoms with Crippen molar-refractivity contribution >= 4 is 5.91 Å². The number of carbonyl (C=O) groups excluding carboxylic acids is 1. The number of carbonyl (C=O) groups is 1. The molecule has 5 nitrogen and oxygen atoms in total. The maximum atomic E-state index is 12.7. The van der Waals surface area contributed by atoms with Crippen LogP contribution in [-0.2, 0) is 4.79 Å². The first-order chi connectivity index (χ1) is 10.0. The van der Waals surface area contributed by atoms with Gasteiger partial charge in [0.25, 0.3) is 5.91 Å². The van der Waals surface area contributed by atoms with Crippen molar-refractivity contribution in [2.45, 2.75) is 26.8 Å². The Morgan fingerprint density at radius 1 is 1.38 bits per heavy atom. The Bertz CT molecular complexity index is 435. The Morgan fingerprint density at radius 2 is 2.05 bits per heavy atom. The fourth-order valence-electron chi connectivity index (χ4n) is 2.74. The van der Waals surface area contributed by atoms with Crippen LogP contribution in [0.5, 0.6) is 0 Å². The Hall–Kier alpha value is -1.33. The van der Waals surface area contributed by atoms with E-state index in [1.807, 2.05) is 24.1 Å². The van der Waals surface area contributed by atoms with Gasteiger partial charge in [-0.1, -0.05) is 13.8 Å². The Morgan fingerprint density at radius 3 is 2.62 bits per heavy atom. The molecule has 0 aliphatic carbocycles. The quantitative estimate of drug-likeness (QED) is 0.796. The van der Waals surface area contributed by atoms with E-state index in [1.165, 1.54) is 5.57 Å². The van der Waals surface area contributed by atoms with E-state index in [9.17, 15) is 4.79 Å². The summed E-state index contributed by atoms with van der Waals surface area (Å²) in [5.74, 6) is 0.555. The maximum absolute atomic E-state index is 12.7. The zero-order valence-corrected chi connectivity index (χ0v) is 13.3. The lowest BCUT2D eigenvalue weighted by Crippen LogP contribution is -2.51. The highest BCUT2D eigenvalue weighted by Gasteiger charge is 2.27. The molecule has 2 aliphatic heterocycles. The van der Waals surface area contributed by atoms with Gasteiger partial charge in [0, 0.05) is 44.5 Å². The number of aliphatic hydroxyl groups excluding tert-OH is 1. The standard InChI is InChI=1S/C16H27N3O2/c1-12(2)14-10-15(13(3)17-11-14)16(21)19-6-4-18(5-7-19)8-9-20/h10-13,17,20H,4-9H2,1-3H3/t13-/m0/s1. The van der Waals surface area contributed by atoms with Crippen molar-refractivity contribution in [1.82, 2.24) is 15.1 Å². The van der Waals surface area contributed by atoms with Gasteiger partial charge < -0.3 is 15.3 Å². The highest BCUT2D eigenvalue weighted by Crippen LogP contribution is 2.21. The van der Waals surface area contributed by atoms with E-state index in [2.05, 4.69) is 24.1 Å². The smallest absolute Gasteiger partial charge is 0.251 e. The van der Waals surface area contributed by atoms with E-state index < -0.39 is 0 Å². The molecular weight excluding hydrogens is 266 g/mol. The molecule has 2 heterocycles. The lowest BCUT2D eigenvalue weighted by atomic mass is 9.94. The number of dihydropyridines is 1. The van der Waals surface area contributed by atoms with Crippen molar-refractivity contribution in [2.75, 3.05) is 39.3 Å². The van der Waals surface area contributed by atoms with Crippen LogP contribution in [-0.4, -0.2) is 66.2 Å². The molecular formula is C16H27N3O2. The van der Waals surface area contributed by atoms with Crippen LogP contribution in [0.1, 0.15) is 20.8 Å². The van der Waals surface area contributed by atoms with Crippen LogP contribution in [0.3, 0.4) is 0 Å². The van der Waals surface area contributed by atoms with E-state index in [1.54, 1.807) is 0 Å². The second-order valence-electron chi connectivity index (χ2n) is 6.14. The minimum Gasteiger partial charge on any atom is -0.395 e. The number of nitrogens with one attached hydrogen (secondary N) is 1. The first-order valence-electron chi connectivity index (χ1n) is 7.83. The largest absolute Gasteiger partial charge is 0.395 e. The number of nitrogens with zero attached hydrogens (tertiary/aromatic N) is 2. The van der Waals surface area contributed by atoms with E-state index in [4.69, 9.17) is 5.11 Å². The normalized spacial score (nSPS) is 23.7. The number of β-amino-alcohol motifs (C(OH)–C–C–N with tert-alkyl or cyclic N) is 1. The molecule has 2 rings (SSSR count). The third-order valence-electron chi connectivity index (χ3n) is 4.28. The summed E-state index contributed by atoms with van der Waals surface area (Å²) >= 11 is 0. The van der Waals surface area contributed by atoms with Crippen molar-refractivity contribution in [3.05, 3.63) is 23.4 Å². The zero-order valence-electron chi connectivity index (χ0n) is 13.3. The van der Waals surface area contributed by atoms with E-state index in [0.717, 1.165) is 31.8 Å². The van der Waals surface area contributed by atoms with Gasteiger partial charge in [0.15, 0.2) is 0 Å². The Labute approximate surface area is 127 Å². The summed E-state index contributed by atoms with van der Waals surface area (Å²) in [5.41, 5.74) is 2.03. The van der Waals surface area contributed by atoms with E-state index in [-0.39, 0.29) is 18.6 Å². The third kappa shape index (κ3) is 3.86. The van der Waals surface area contributed by atoms with Gasteiger partial charge in [0.05, 0.1) is 12.6 Å². The predicted octanol–water partition coefficient (Wildman–Crippen LogP) is 0.581. The van der Waals surface area contributed by atoms with Crippen molar-refractivity contribution in [3.8, 4) is 0 Å². The summed E-state index contributed by atoms with van der Waals surface area (Å²) in [5, 5.41) is 12.3. The number of allylic oxidation sites excluding steroid dienone is 2. The molecule has 0 unspecified atom stereocenters. The summed E-state index contributed by atoms with van der Waals surface area (Å²) < 4.78 is 0. The summed E-state index contributed by atoms with van der Waals surface area (Å²) in [6, 6.07) is 0.0653. The molecule has 0 spiro atoms. The number of amides is 1. The van der Waals surface area contributed by atoms with E-state index >= 15 is 0 Å². The SMILES string of the molecule is CC(C)C1=CN[C@@H](C)C(C(=O)N2CCN(CCO)CC2)=C1. The molecule has 0 radical (unpaired) electrons. The molecule has 0 bridgehead atoms. The van der Waals surface area contributed by atoms with Gasteiger partial charge in [-0.05, 0) is 24.5 Å². The van der Waals surface area contributed by atoms with Crippen LogP contribution in [0, 0.1) is 5.92 Å². The average molecular weight is 293 g/mol. The second-order valence-corrected chi connectivity index (χ2v) is 6.14. The molecule has 2 aliphatic rings. The molecule has 0 aromatic heterocycles. The number of aliphatic hydroxyl groups is 1. The van der Waals surface area contributed by atoms with Gasteiger partial charge in [0.2, 0.25) is 0 Å². The fraction of sp³-hybridized carbons (Fsp3) is 0.688. The van der Waals surface area contributed by atoms with Crippen molar-refractivity contribution in [1.29, 1.82) is 0 Å². The first-order valence-corrected chi connectivity index (χ1v) is 7.83. The number of rotatable bonds is 4. The van der Waals surface area contributed by atoms with Crippen LogP contribution < -0.4 is 5.32 Å². The summed E-state index contributed by atoms with van der Waals surface area (Å²) in [7, 11) is 0. The van der Waals surface area contributed by atoms with Crippen molar-refractivity contribution in [2.24, 2.45) is 5.92 Å². The molecule has 1 fully saturated rings. The lowest BCUT2D eigenvalue weighted by Gasteiger charge is -2.36. The average Bonchev–Trinajstić information content (AvgIpc) is 2.48. The first kappa shape index (κ1) is 16.0. The van der Waals surface area contributed by atoms with Crippen LogP contribution >= 0.6 is 0 Å². The minimum absolute atomic E-state index is 0.0653. The molecule has 1 saturated heterocycles. The fourth-order valence-corrected chi connectivity index (χ4v) is 2.74. The predicted molar refractivity (Wildman–Crippen MR) is 83.7 cm³/mol. The van der Waals surface area contributed by atoms with Crippen molar-refractivity contribution in [3.63, 3.8) is 0 Å². The van der Waals surface area contributed by atoms with Gasteiger partial charge in [-0.2, -0.15) is 0 Å². The number of hydrogen-bond acceptors (Lipinski definition) is 4. The molecule has 1 atom stereocenters. The van der Waals surface area contributed by atoms with Crippen LogP contribution in [0.25, 0.3) is 0 Å². The van der Waals surface area contributed by atoms with Crippen molar-refractivity contribution < 1.29 is 9.90 Å². The summed E-state index contributed by atoms with van der Waals surface area (Å²) in [6.45, 7) is 10.3. The molecule has 0 aromatic rings. The molecule has 118 valence electrons. The minimum atomic E-state index is 0.0653. The van der Waals surface area contributed by atoms with Crippen LogP contribution in [0.4, 0.5) is 0 Å². The van der Waals surface area contributed by atoms with E-state index in [0.29, 0.717) is 12.5 Å². The third-order valence-corrected chi connectivity index (χ3v) is 4.28. The molecule has 2 N–H and O–H groups in total. The van der Waals surface area contributed by atoms with Gasteiger partial charge in [0.1, 0.15) is 0 Å². The second kappa shape index (κ2) is 7.09. The molecule has 21 heavy (non-hydrogen) atoms. The summed E-state index contributed by atoms with van der Waals surface area (Å²) in [4.78, 5) is 16.8. The summed E-state index contributed by atoms with van der Waals surface area (Å²) in [6.07, 6.45) is 4.07. The zero-order chi connectivity index (χ0) is 15.4. The highest BCUT2D eigenvalue weighted by atomic mass is 16.3. The van der Waals surface area contributed by atoms with Crippen LogP contribution in [0.15, 0.2) is 23.4 Å². The Balaban J connectivity index is 2.01. The highest BCUT2D eigenvalue weighted by molar-refractivity contribution is 5.95. The van der Waals surface area contributed by atoms with Crippen LogP contribution in [0.2, 0.25) is 0 Å². The molecule has 0 saturated carbocycles. The molecule has 1 amide bonds. The van der Waals surface area contributed by atoms with Gasteiger partial charge >= 0.3 is 0 Å². The number of piperazine rings is 1. The van der Waals surface area contributed by atoms with Gasteiger partial charge in [-0.25, -0.2) is 0 Å². The van der Waals surface area contributed by atoms with Gasteiger partial charge in [-0.3, -0.25) is 9.69 Å². The Kier molecular flexibility index (Phi) is 5.42. The number of hydrogen-bond donors (Lipinski definition) is 2. The molecule has 0 aromatic carbocycles.